The van der Waals surface area contributed by atoms with Crippen LogP contribution in [0.1, 0.15) is 30.2 Å². The van der Waals surface area contributed by atoms with Gasteiger partial charge < -0.3 is 14.9 Å². The molecule has 0 aliphatic heterocycles. The highest BCUT2D eigenvalue weighted by Crippen LogP contribution is 2.27. The normalized spacial score (nSPS) is 10.2. The van der Waals surface area contributed by atoms with Gasteiger partial charge in [-0.25, -0.2) is 8.78 Å². The van der Waals surface area contributed by atoms with Crippen LogP contribution in [-0.4, -0.2) is 22.5 Å². The predicted octanol–water partition coefficient (Wildman–Crippen LogP) is 1.90. The number of hydrogen-bond donors (Lipinski definition) is 0. The van der Waals surface area contributed by atoms with E-state index in [9.17, 15) is 23.7 Å². The number of aromatic nitrogens is 1. The van der Waals surface area contributed by atoms with Crippen LogP contribution in [0.25, 0.3) is 0 Å². The van der Waals surface area contributed by atoms with Crippen LogP contribution in [0.5, 0.6) is 0 Å². The Kier molecular flexibility index (Phi) is 5.02. The summed E-state index contributed by atoms with van der Waals surface area (Å²) in [4.78, 5) is 24.1. The fourth-order valence-electron chi connectivity index (χ4n) is 1.49. The molecule has 20 heavy (non-hydrogen) atoms. The van der Waals surface area contributed by atoms with Crippen molar-refractivity contribution in [3.63, 3.8) is 0 Å². The molecular formula is C11H9F2N3O4. The van der Waals surface area contributed by atoms with Crippen LogP contribution in [0.3, 0.4) is 0 Å². The summed E-state index contributed by atoms with van der Waals surface area (Å²) < 4.78 is 30.2. The van der Waals surface area contributed by atoms with Crippen molar-refractivity contribution in [2.75, 3.05) is 6.61 Å². The van der Waals surface area contributed by atoms with E-state index >= 15 is 0 Å². The van der Waals surface area contributed by atoms with Gasteiger partial charge in [0.1, 0.15) is 11.6 Å². The van der Waals surface area contributed by atoms with Gasteiger partial charge in [-0.1, -0.05) is 0 Å². The Hall–Kier alpha value is -2.63. The summed E-state index contributed by atoms with van der Waals surface area (Å²) in [5.41, 5.74) is -1.76. The van der Waals surface area contributed by atoms with E-state index in [1.165, 1.54) is 6.07 Å². The summed E-state index contributed by atoms with van der Waals surface area (Å²) in [5, 5.41) is 19.5. The zero-order valence-corrected chi connectivity index (χ0v) is 10.3. The summed E-state index contributed by atoms with van der Waals surface area (Å²) in [6.45, 7) is 1.61. The van der Waals surface area contributed by atoms with Crippen molar-refractivity contribution in [1.82, 2.24) is 4.98 Å². The van der Waals surface area contributed by atoms with E-state index in [1.807, 2.05) is 0 Å². The van der Waals surface area contributed by atoms with Crippen LogP contribution in [0, 0.1) is 21.4 Å². The van der Waals surface area contributed by atoms with E-state index in [-0.39, 0.29) is 12.2 Å². The van der Waals surface area contributed by atoms with E-state index in [2.05, 4.69) is 9.72 Å². The first-order valence-electron chi connectivity index (χ1n) is 5.42. The highest BCUT2D eigenvalue weighted by atomic mass is 19.3. The van der Waals surface area contributed by atoms with Gasteiger partial charge in [-0.15, -0.1) is 0 Å². The zero-order chi connectivity index (χ0) is 15.3. The monoisotopic (exact) mass is 285 g/mol. The summed E-state index contributed by atoms with van der Waals surface area (Å²) in [7, 11) is 0. The van der Waals surface area contributed by atoms with Crippen LogP contribution in [0.2, 0.25) is 0 Å². The summed E-state index contributed by atoms with van der Waals surface area (Å²) in [6.07, 6.45) is -3.68. The molecule has 0 aliphatic rings. The number of nitro groups is 1. The molecule has 0 saturated carbocycles. The maximum atomic E-state index is 12.8. The van der Waals surface area contributed by atoms with Crippen LogP contribution >= 0.6 is 0 Å². The first kappa shape index (κ1) is 15.4. The van der Waals surface area contributed by atoms with Crippen LogP contribution in [0.15, 0.2) is 6.07 Å². The van der Waals surface area contributed by atoms with Gasteiger partial charge in [-0.2, -0.15) is 5.26 Å². The highest BCUT2D eigenvalue weighted by molar-refractivity contribution is 5.74. The summed E-state index contributed by atoms with van der Waals surface area (Å²) in [6, 6.07) is 2.31. The quantitative estimate of drug-likeness (QED) is 0.464. The molecule has 1 aromatic rings. The van der Waals surface area contributed by atoms with E-state index in [4.69, 9.17) is 5.26 Å². The second-order valence-electron chi connectivity index (χ2n) is 3.55. The SMILES string of the molecule is CCOC(=O)Cc1cc([N+](=O)[O-])nc(C(F)F)c1C#N. The Labute approximate surface area is 111 Å². The number of ether oxygens (including phenoxy) is 1. The first-order valence-corrected chi connectivity index (χ1v) is 5.42. The van der Waals surface area contributed by atoms with Crippen molar-refractivity contribution in [2.24, 2.45) is 0 Å². The molecule has 0 aliphatic carbocycles. The molecule has 0 saturated heterocycles. The van der Waals surface area contributed by atoms with Crippen molar-refractivity contribution in [3.05, 3.63) is 33.0 Å². The number of pyridine rings is 1. The molecule has 0 amide bonds. The van der Waals surface area contributed by atoms with Gasteiger partial charge in [0.25, 0.3) is 0 Å². The summed E-state index contributed by atoms with van der Waals surface area (Å²) >= 11 is 0. The Morgan fingerprint density at radius 1 is 1.65 bits per heavy atom. The topological polar surface area (TPSA) is 106 Å². The molecule has 0 spiro atoms. The number of halogens is 2. The lowest BCUT2D eigenvalue weighted by Gasteiger charge is -2.06. The third kappa shape index (κ3) is 3.44. The second-order valence-corrected chi connectivity index (χ2v) is 3.55. The molecule has 9 heteroatoms. The standard InChI is InChI=1S/C11H9F2N3O4/c1-2-20-9(17)4-6-3-8(16(18)19)15-10(11(12)13)7(6)5-14/h3,11H,2,4H2,1H3. The number of nitrogens with zero attached hydrogens (tertiary/aromatic N) is 3. The van der Waals surface area contributed by atoms with Crippen molar-refractivity contribution in [3.8, 4) is 6.07 Å². The highest BCUT2D eigenvalue weighted by Gasteiger charge is 2.28. The summed E-state index contributed by atoms with van der Waals surface area (Å²) in [5.74, 6) is -1.62. The van der Waals surface area contributed by atoms with Gasteiger partial charge in [0.2, 0.25) is 5.69 Å². The third-order valence-electron chi connectivity index (χ3n) is 2.26. The molecule has 0 atom stereocenters. The molecule has 0 radical (unpaired) electrons. The van der Waals surface area contributed by atoms with E-state index in [1.54, 1.807) is 6.92 Å². The van der Waals surface area contributed by atoms with Crippen LogP contribution in [0.4, 0.5) is 14.6 Å². The number of hydrogen-bond acceptors (Lipinski definition) is 6. The number of nitriles is 1. The van der Waals surface area contributed by atoms with Gasteiger partial charge in [0, 0.05) is 6.07 Å². The zero-order valence-electron chi connectivity index (χ0n) is 10.3. The van der Waals surface area contributed by atoms with Crippen LogP contribution < -0.4 is 0 Å². The Balaban J connectivity index is 3.36. The molecule has 0 fully saturated rings. The van der Waals surface area contributed by atoms with Gasteiger partial charge in [0.15, 0.2) is 0 Å². The number of alkyl halides is 2. The average Bonchev–Trinajstić information content (AvgIpc) is 2.37. The minimum absolute atomic E-state index is 0.0651. The third-order valence-corrected chi connectivity index (χ3v) is 2.26. The lowest BCUT2D eigenvalue weighted by Crippen LogP contribution is -2.11. The van der Waals surface area contributed by atoms with Crippen molar-refractivity contribution >= 4 is 11.8 Å². The molecule has 0 N–H and O–H groups in total. The first-order chi connectivity index (χ1) is 9.40. The van der Waals surface area contributed by atoms with Crippen LogP contribution in [-0.2, 0) is 16.0 Å². The Bertz CT molecular complexity index is 584. The Morgan fingerprint density at radius 2 is 2.30 bits per heavy atom. The molecule has 1 rings (SSSR count). The number of carbonyl (C=O) groups excluding carboxylic acids is 1. The minimum Gasteiger partial charge on any atom is -0.466 e. The molecule has 0 aromatic carbocycles. The largest absolute Gasteiger partial charge is 0.466 e. The second kappa shape index (κ2) is 6.51. The fourth-order valence-corrected chi connectivity index (χ4v) is 1.49. The maximum absolute atomic E-state index is 12.8. The molecule has 0 unspecified atom stereocenters. The van der Waals surface area contributed by atoms with E-state index in [0.717, 1.165) is 6.07 Å². The Morgan fingerprint density at radius 3 is 2.75 bits per heavy atom. The molecule has 106 valence electrons. The van der Waals surface area contributed by atoms with Gasteiger partial charge in [0.05, 0.1) is 13.0 Å². The van der Waals surface area contributed by atoms with Gasteiger partial charge >= 0.3 is 18.2 Å². The predicted molar refractivity (Wildman–Crippen MR) is 60.9 cm³/mol. The smallest absolute Gasteiger partial charge is 0.364 e. The van der Waals surface area contributed by atoms with Gasteiger partial charge in [-0.3, -0.25) is 4.79 Å². The maximum Gasteiger partial charge on any atom is 0.364 e. The molecule has 0 bridgehead atoms. The van der Waals surface area contributed by atoms with Crippen molar-refractivity contribution in [1.29, 1.82) is 5.26 Å². The molecule has 7 nitrogen and oxygen atoms in total. The lowest BCUT2D eigenvalue weighted by molar-refractivity contribution is -0.389. The van der Waals surface area contributed by atoms with Crippen molar-refractivity contribution in [2.45, 2.75) is 19.8 Å². The minimum atomic E-state index is -3.16. The number of rotatable bonds is 5. The van der Waals surface area contributed by atoms with E-state index < -0.39 is 40.8 Å². The van der Waals surface area contributed by atoms with E-state index in [0.29, 0.717) is 0 Å². The average molecular weight is 285 g/mol. The molecular weight excluding hydrogens is 276 g/mol. The molecule has 1 heterocycles. The number of carbonyl (C=O) groups is 1. The van der Waals surface area contributed by atoms with Gasteiger partial charge in [-0.05, 0) is 22.4 Å². The lowest BCUT2D eigenvalue weighted by atomic mass is 10.0. The fraction of sp³-hybridized carbons (Fsp3) is 0.364. The van der Waals surface area contributed by atoms with Crippen molar-refractivity contribution < 1.29 is 23.2 Å². The molecule has 1 aromatic heterocycles. The number of esters is 1.